The van der Waals surface area contributed by atoms with Crippen LogP contribution in [0.2, 0.25) is 5.02 Å². The van der Waals surface area contributed by atoms with Gasteiger partial charge in [-0.05, 0) is 22.5 Å². The van der Waals surface area contributed by atoms with Crippen molar-refractivity contribution in [3.8, 4) is 0 Å². The number of benzene rings is 1. The summed E-state index contributed by atoms with van der Waals surface area (Å²) in [6.07, 6.45) is 0. The highest BCUT2D eigenvalue weighted by Gasteiger charge is 2.79. The fraction of sp³-hybridized carbons (Fsp3) is 0.571. The molecule has 0 bridgehead atoms. The first-order valence-corrected chi connectivity index (χ1v) is 6.27. The molecule has 1 aromatic carbocycles. The van der Waals surface area contributed by atoms with Crippen LogP contribution in [0.25, 0.3) is 0 Å². The normalized spacial score (nSPS) is 26.3. The van der Waals surface area contributed by atoms with Gasteiger partial charge in [-0.2, -0.15) is 0 Å². The van der Waals surface area contributed by atoms with Crippen molar-refractivity contribution in [1.29, 1.82) is 0 Å². The van der Waals surface area contributed by atoms with E-state index in [2.05, 4.69) is 45.1 Å². The molecule has 0 atom stereocenters. The molecule has 1 aliphatic heterocycles. The highest BCUT2D eigenvalue weighted by atomic mass is 35.5. The third-order valence-corrected chi connectivity index (χ3v) is 5.95. The van der Waals surface area contributed by atoms with Crippen molar-refractivity contribution in [1.82, 2.24) is 0 Å². The molecule has 0 amide bonds. The summed E-state index contributed by atoms with van der Waals surface area (Å²) in [5, 5.41) is 4.35. The lowest BCUT2D eigenvalue weighted by Crippen LogP contribution is -2.18. The summed E-state index contributed by atoms with van der Waals surface area (Å²) in [6, 6.07) is 6.27. The van der Waals surface area contributed by atoms with Gasteiger partial charge in [-0.25, -0.2) is 0 Å². The maximum absolute atomic E-state index is 6.25. The first-order valence-electron chi connectivity index (χ1n) is 5.89. The minimum absolute atomic E-state index is 0.264. The van der Waals surface area contributed by atoms with Crippen LogP contribution in [-0.4, -0.2) is 6.54 Å². The van der Waals surface area contributed by atoms with Gasteiger partial charge >= 0.3 is 0 Å². The van der Waals surface area contributed by atoms with Gasteiger partial charge < -0.3 is 5.32 Å². The fourth-order valence-electron chi connectivity index (χ4n) is 3.92. The van der Waals surface area contributed by atoms with Crippen LogP contribution in [0.4, 0.5) is 5.69 Å². The van der Waals surface area contributed by atoms with E-state index in [0.29, 0.717) is 10.8 Å². The molecular formula is C14H18ClN. The van der Waals surface area contributed by atoms with E-state index in [0.717, 1.165) is 17.3 Å². The van der Waals surface area contributed by atoms with E-state index >= 15 is 0 Å². The molecule has 0 aromatic heterocycles. The van der Waals surface area contributed by atoms with E-state index in [-0.39, 0.29) is 5.41 Å². The van der Waals surface area contributed by atoms with Crippen LogP contribution in [-0.2, 0) is 5.41 Å². The number of para-hydroxylation sites is 1. The van der Waals surface area contributed by atoms with Gasteiger partial charge in [-0.15, -0.1) is 0 Å². The standard InChI is InChI=1S/C14H18ClN/c1-12(2)13(3,4)14(12)8-16-11-9(14)6-5-7-10(11)15/h5-7,16H,8H2,1-4H3. The number of hydrogen-bond acceptors (Lipinski definition) is 1. The van der Waals surface area contributed by atoms with E-state index in [1.54, 1.807) is 0 Å². The third kappa shape index (κ3) is 0.797. The molecule has 3 rings (SSSR count). The Balaban J connectivity index is 2.23. The highest BCUT2D eigenvalue weighted by Crippen LogP contribution is 2.80. The number of halogens is 1. The maximum Gasteiger partial charge on any atom is 0.0640 e. The van der Waals surface area contributed by atoms with Crippen LogP contribution >= 0.6 is 11.6 Å². The monoisotopic (exact) mass is 235 g/mol. The molecule has 0 unspecified atom stereocenters. The van der Waals surface area contributed by atoms with E-state index in [4.69, 9.17) is 11.6 Å². The highest BCUT2D eigenvalue weighted by molar-refractivity contribution is 6.33. The van der Waals surface area contributed by atoms with Gasteiger partial charge in [0.2, 0.25) is 0 Å². The average Bonchev–Trinajstić information content (AvgIpc) is 2.54. The molecule has 0 saturated heterocycles. The molecule has 1 N–H and O–H groups in total. The molecule has 16 heavy (non-hydrogen) atoms. The molecule has 1 heterocycles. The van der Waals surface area contributed by atoms with Crippen LogP contribution in [0.1, 0.15) is 33.3 Å². The molecule has 1 nitrogen and oxygen atoms in total. The Morgan fingerprint density at radius 2 is 1.75 bits per heavy atom. The predicted molar refractivity (Wildman–Crippen MR) is 69.2 cm³/mol. The summed E-state index contributed by atoms with van der Waals surface area (Å²) in [4.78, 5) is 0. The SMILES string of the molecule is CC1(C)C(C)(C)C12CNc1c(Cl)cccc12. The Bertz CT molecular complexity index is 460. The van der Waals surface area contributed by atoms with Crippen LogP contribution in [0.3, 0.4) is 0 Å². The van der Waals surface area contributed by atoms with Crippen LogP contribution < -0.4 is 5.32 Å². The Hall–Kier alpha value is -0.690. The molecule has 1 aliphatic carbocycles. The van der Waals surface area contributed by atoms with Crippen molar-refractivity contribution in [3.05, 3.63) is 28.8 Å². The molecule has 2 aliphatic rings. The Morgan fingerprint density at radius 3 is 2.31 bits per heavy atom. The topological polar surface area (TPSA) is 12.0 Å². The second kappa shape index (κ2) is 2.59. The van der Waals surface area contributed by atoms with E-state index in [1.165, 1.54) is 5.56 Å². The minimum Gasteiger partial charge on any atom is -0.383 e. The molecule has 0 radical (unpaired) electrons. The smallest absolute Gasteiger partial charge is 0.0640 e. The summed E-state index contributed by atoms with van der Waals surface area (Å²) in [5.74, 6) is 0. The number of rotatable bonds is 0. The number of fused-ring (bicyclic) bond motifs is 2. The van der Waals surface area contributed by atoms with Crippen LogP contribution in [0.15, 0.2) is 18.2 Å². The molecule has 86 valence electrons. The lowest BCUT2D eigenvalue weighted by Gasteiger charge is -2.14. The Labute approximate surface area is 102 Å². The third-order valence-electron chi connectivity index (χ3n) is 5.64. The Kier molecular flexibility index (Phi) is 1.69. The second-order valence-electron chi connectivity index (χ2n) is 6.17. The van der Waals surface area contributed by atoms with Crippen molar-refractivity contribution < 1.29 is 0 Å². The lowest BCUT2D eigenvalue weighted by atomic mass is 9.88. The van der Waals surface area contributed by atoms with E-state index in [9.17, 15) is 0 Å². The quantitative estimate of drug-likeness (QED) is 0.715. The van der Waals surface area contributed by atoms with Crippen LogP contribution in [0, 0.1) is 10.8 Å². The minimum atomic E-state index is 0.264. The van der Waals surface area contributed by atoms with Crippen molar-refractivity contribution in [3.63, 3.8) is 0 Å². The van der Waals surface area contributed by atoms with Gasteiger partial charge in [0, 0.05) is 12.0 Å². The molecule has 1 aromatic rings. The van der Waals surface area contributed by atoms with Crippen molar-refractivity contribution >= 4 is 17.3 Å². The van der Waals surface area contributed by atoms with Gasteiger partial charge in [0.15, 0.2) is 0 Å². The van der Waals surface area contributed by atoms with Gasteiger partial charge in [0.1, 0.15) is 0 Å². The summed E-state index contributed by atoms with van der Waals surface area (Å²) in [6.45, 7) is 10.5. The zero-order valence-electron chi connectivity index (χ0n) is 10.3. The molecule has 1 spiro atoms. The van der Waals surface area contributed by atoms with Gasteiger partial charge in [-0.3, -0.25) is 0 Å². The molecular weight excluding hydrogens is 218 g/mol. The predicted octanol–water partition coefficient (Wildman–Crippen LogP) is 4.07. The lowest BCUT2D eigenvalue weighted by molar-refractivity contribution is 0.457. The van der Waals surface area contributed by atoms with Crippen LogP contribution in [0.5, 0.6) is 0 Å². The molecule has 1 fully saturated rings. The maximum atomic E-state index is 6.25. The zero-order valence-corrected chi connectivity index (χ0v) is 11.1. The van der Waals surface area contributed by atoms with E-state index < -0.39 is 0 Å². The summed E-state index contributed by atoms with van der Waals surface area (Å²) in [5.41, 5.74) is 3.50. The largest absolute Gasteiger partial charge is 0.383 e. The second-order valence-corrected chi connectivity index (χ2v) is 6.58. The number of nitrogens with one attached hydrogen (secondary N) is 1. The molecule has 2 heteroatoms. The summed E-state index contributed by atoms with van der Waals surface area (Å²) < 4.78 is 0. The summed E-state index contributed by atoms with van der Waals surface area (Å²) in [7, 11) is 0. The zero-order chi connectivity index (χ0) is 11.8. The van der Waals surface area contributed by atoms with E-state index in [1.807, 2.05) is 6.07 Å². The molecule has 1 saturated carbocycles. The summed E-state index contributed by atoms with van der Waals surface area (Å²) >= 11 is 6.25. The van der Waals surface area contributed by atoms with Gasteiger partial charge in [0.05, 0.1) is 10.7 Å². The average molecular weight is 236 g/mol. The fourth-order valence-corrected chi connectivity index (χ4v) is 4.16. The Morgan fingerprint density at radius 1 is 1.12 bits per heavy atom. The van der Waals surface area contributed by atoms with Gasteiger partial charge in [-0.1, -0.05) is 51.4 Å². The number of anilines is 1. The first-order chi connectivity index (χ1) is 7.36. The number of hydrogen-bond donors (Lipinski definition) is 1. The van der Waals surface area contributed by atoms with Crippen molar-refractivity contribution in [2.75, 3.05) is 11.9 Å². The first kappa shape index (κ1) is 10.5. The van der Waals surface area contributed by atoms with Gasteiger partial charge in [0.25, 0.3) is 0 Å². The van der Waals surface area contributed by atoms with Crippen molar-refractivity contribution in [2.45, 2.75) is 33.1 Å². The van der Waals surface area contributed by atoms with Crippen molar-refractivity contribution in [2.24, 2.45) is 10.8 Å².